The lowest BCUT2D eigenvalue weighted by molar-refractivity contribution is 0.414. The van der Waals surface area contributed by atoms with Gasteiger partial charge in [-0.05, 0) is 48.4 Å². The third kappa shape index (κ3) is 3.00. The molecule has 0 fully saturated rings. The van der Waals surface area contributed by atoms with Gasteiger partial charge in [0.1, 0.15) is 11.6 Å². The highest BCUT2D eigenvalue weighted by Gasteiger charge is 2.00. The summed E-state index contributed by atoms with van der Waals surface area (Å²) in [7, 11) is 1.65. The monoisotopic (exact) mass is 245 g/mol. The average Bonchev–Trinajstić information content (AvgIpc) is 2.38. The Hall–Kier alpha value is -2.03. The summed E-state index contributed by atoms with van der Waals surface area (Å²) in [6, 6.07) is 12.6. The van der Waals surface area contributed by atoms with Gasteiger partial charge < -0.3 is 10.1 Å². The van der Waals surface area contributed by atoms with E-state index in [1.165, 1.54) is 12.1 Å². The van der Waals surface area contributed by atoms with Crippen LogP contribution in [0.5, 0.6) is 5.75 Å². The highest BCUT2D eigenvalue weighted by Crippen LogP contribution is 2.17. The molecule has 0 amide bonds. The molecule has 3 heteroatoms. The summed E-state index contributed by atoms with van der Waals surface area (Å²) in [4.78, 5) is 0. The molecule has 2 rings (SSSR count). The number of anilines is 1. The summed E-state index contributed by atoms with van der Waals surface area (Å²) < 4.78 is 18.1. The molecule has 0 spiro atoms. The summed E-state index contributed by atoms with van der Waals surface area (Å²) in [5.41, 5.74) is 3.01. The number of nitrogens with one attached hydrogen (secondary N) is 1. The first-order valence-corrected chi connectivity index (χ1v) is 5.82. The van der Waals surface area contributed by atoms with Gasteiger partial charge in [0.25, 0.3) is 0 Å². The Kier molecular flexibility index (Phi) is 3.82. The van der Waals surface area contributed by atoms with Crippen LogP contribution in [0.1, 0.15) is 11.1 Å². The fraction of sp³-hybridized carbons (Fsp3) is 0.200. The van der Waals surface area contributed by atoms with Crippen molar-refractivity contribution < 1.29 is 9.13 Å². The van der Waals surface area contributed by atoms with E-state index in [9.17, 15) is 4.39 Å². The van der Waals surface area contributed by atoms with Crippen LogP contribution in [0, 0.1) is 12.7 Å². The smallest absolute Gasteiger partial charge is 0.123 e. The van der Waals surface area contributed by atoms with Crippen LogP contribution < -0.4 is 10.1 Å². The lowest BCUT2D eigenvalue weighted by Crippen LogP contribution is -2.01. The van der Waals surface area contributed by atoms with E-state index in [4.69, 9.17) is 4.74 Å². The molecule has 2 nitrogen and oxygen atoms in total. The van der Waals surface area contributed by atoms with E-state index >= 15 is 0 Å². The van der Waals surface area contributed by atoms with Crippen LogP contribution in [0.3, 0.4) is 0 Å². The summed E-state index contributed by atoms with van der Waals surface area (Å²) >= 11 is 0. The quantitative estimate of drug-likeness (QED) is 0.885. The van der Waals surface area contributed by atoms with Crippen molar-refractivity contribution in [1.29, 1.82) is 0 Å². The van der Waals surface area contributed by atoms with Crippen molar-refractivity contribution in [3.8, 4) is 5.75 Å². The molecule has 2 aromatic carbocycles. The molecular formula is C15H16FNO. The van der Waals surface area contributed by atoms with E-state index < -0.39 is 0 Å². The molecule has 0 atom stereocenters. The van der Waals surface area contributed by atoms with Gasteiger partial charge in [0.15, 0.2) is 0 Å². The molecule has 2 aromatic rings. The maximum Gasteiger partial charge on any atom is 0.123 e. The maximum atomic E-state index is 13.0. The first-order valence-electron chi connectivity index (χ1n) is 5.82. The van der Waals surface area contributed by atoms with Crippen molar-refractivity contribution in [3.05, 3.63) is 59.4 Å². The first-order chi connectivity index (χ1) is 8.69. The predicted molar refractivity (Wildman–Crippen MR) is 71.5 cm³/mol. The van der Waals surface area contributed by atoms with Crippen LogP contribution >= 0.6 is 0 Å². The summed E-state index contributed by atoms with van der Waals surface area (Å²) in [6.07, 6.45) is 0. The molecule has 0 aliphatic rings. The number of aryl methyl sites for hydroxylation is 1. The fourth-order valence-electron chi connectivity index (χ4n) is 1.77. The topological polar surface area (TPSA) is 21.3 Å². The Bertz CT molecular complexity index is 523. The summed E-state index contributed by atoms with van der Waals surface area (Å²) in [6.45, 7) is 2.59. The van der Waals surface area contributed by atoms with Crippen molar-refractivity contribution in [2.75, 3.05) is 12.4 Å². The SMILES string of the molecule is COc1ccc(CNc2ccc(F)cc2C)cc1. The molecule has 0 unspecified atom stereocenters. The van der Waals surface area contributed by atoms with E-state index in [0.29, 0.717) is 6.54 Å². The Labute approximate surface area is 106 Å². The standard InChI is InChI=1S/C15H16FNO/c1-11-9-13(16)5-8-15(11)17-10-12-3-6-14(18-2)7-4-12/h3-9,17H,10H2,1-2H3. The molecule has 0 aliphatic carbocycles. The van der Waals surface area contributed by atoms with Gasteiger partial charge in [-0.1, -0.05) is 12.1 Å². The molecule has 0 heterocycles. The summed E-state index contributed by atoms with van der Waals surface area (Å²) in [5.74, 6) is 0.638. The molecule has 0 saturated heterocycles. The van der Waals surface area contributed by atoms with Crippen molar-refractivity contribution in [3.63, 3.8) is 0 Å². The fourth-order valence-corrected chi connectivity index (χ4v) is 1.77. The Morgan fingerprint density at radius 2 is 1.83 bits per heavy atom. The van der Waals surface area contributed by atoms with Crippen molar-refractivity contribution in [2.24, 2.45) is 0 Å². The second kappa shape index (κ2) is 5.54. The first kappa shape index (κ1) is 12.4. The second-order valence-electron chi connectivity index (χ2n) is 4.16. The van der Waals surface area contributed by atoms with Crippen LogP contribution in [0.4, 0.5) is 10.1 Å². The van der Waals surface area contributed by atoms with Gasteiger partial charge in [0.2, 0.25) is 0 Å². The van der Waals surface area contributed by atoms with Gasteiger partial charge >= 0.3 is 0 Å². The normalized spacial score (nSPS) is 10.2. The molecule has 18 heavy (non-hydrogen) atoms. The number of hydrogen-bond donors (Lipinski definition) is 1. The van der Waals surface area contributed by atoms with Gasteiger partial charge in [-0.15, -0.1) is 0 Å². The second-order valence-corrected chi connectivity index (χ2v) is 4.16. The molecular weight excluding hydrogens is 229 g/mol. The zero-order chi connectivity index (χ0) is 13.0. The minimum atomic E-state index is -0.206. The van der Waals surface area contributed by atoms with E-state index in [-0.39, 0.29) is 5.82 Å². The molecule has 0 bridgehead atoms. The third-order valence-electron chi connectivity index (χ3n) is 2.83. The Morgan fingerprint density at radius 1 is 1.11 bits per heavy atom. The predicted octanol–water partition coefficient (Wildman–Crippen LogP) is 3.75. The average molecular weight is 245 g/mol. The zero-order valence-electron chi connectivity index (χ0n) is 10.5. The van der Waals surface area contributed by atoms with E-state index in [2.05, 4.69) is 5.32 Å². The molecule has 0 aliphatic heterocycles. The van der Waals surface area contributed by atoms with Crippen molar-refractivity contribution in [2.45, 2.75) is 13.5 Å². The lowest BCUT2D eigenvalue weighted by atomic mass is 10.1. The number of methoxy groups -OCH3 is 1. The molecule has 94 valence electrons. The number of halogens is 1. The van der Waals surface area contributed by atoms with Gasteiger partial charge in [0.05, 0.1) is 7.11 Å². The van der Waals surface area contributed by atoms with E-state index in [1.54, 1.807) is 13.2 Å². The minimum absolute atomic E-state index is 0.206. The number of ether oxygens (including phenoxy) is 1. The Morgan fingerprint density at radius 3 is 2.44 bits per heavy atom. The molecule has 1 N–H and O–H groups in total. The highest BCUT2D eigenvalue weighted by atomic mass is 19.1. The van der Waals surface area contributed by atoms with Crippen LogP contribution in [0.2, 0.25) is 0 Å². The van der Waals surface area contributed by atoms with Gasteiger partial charge in [-0.3, -0.25) is 0 Å². The van der Waals surface area contributed by atoms with Crippen LogP contribution in [0.25, 0.3) is 0 Å². The number of hydrogen-bond acceptors (Lipinski definition) is 2. The molecule has 0 aromatic heterocycles. The van der Waals surface area contributed by atoms with Crippen molar-refractivity contribution in [1.82, 2.24) is 0 Å². The number of benzene rings is 2. The van der Waals surface area contributed by atoms with E-state index in [0.717, 1.165) is 22.6 Å². The van der Waals surface area contributed by atoms with Crippen LogP contribution in [-0.4, -0.2) is 7.11 Å². The molecule has 0 radical (unpaired) electrons. The van der Waals surface area contributed by atoms with Gasteiger partial charge in [0, 0.05) is 12.2 Å². The number of rotatable bonds is 4. The maximum absolute atomic E-state index is 13.0. The zero-order valence-corrected chi connectivity index (χ0v) is 10.5. The molecule has 0 saturated carbocycles. The largest absolute Gasteiger partial charge is 0.497 e. The van der Waals surface area contributed by atoms with E-state index in [1.807, 2.05) is 31.2 Å². The minimum Gasteiger partial charge on any atom is -0.497 e. The van der Waals surface area contributed by atoms with Crippen molar-refractivity contribution >= 4 is 5.69 Å². The summed E-state index contributed by atoms with van der Waals surface area (Å²) in [5, 5.41) is 3.29. The van der Waals surface area contributed by atoms with Gasteiger partial charge in [-0.25, -0.2) is 4.39 Å². The lowest BCUT2D eigenvalue weighted by Gasteiger charge is -2.10. The highest BCUT2D eigenvalue weighted by molar-refractivity contribution is 5.51. The van der Waals surface area contributed by atoms with Crippen LogP contribution in [0.15, 0.2) is 42.5 Å². The Balaban J connectivity index is 2.02. The van der Waals surface area contributed by atoms with Gasteiger partial charge in [-0.2, -0.15) is 0 Å². The third-order valence-corrected chi connectivity index (χ3v) is 2.83. The van der Waals surface area contributed by atoms with Crippen LogP contribution in [-0.2, 0) is 6.54 Å².